The normalized spacial score (nSPS) is 11.2. The van der Waals surface area contributed by atoms with Crippen molar-refractivity contribution >= 4 is 6.47 Å². The van der Waals surface area contributed by atoms with Crippen LogP contribution in [0.5, 0.6) is 0 Å². The second kappa shape index (κ2) is 7.86. The average molecular weight is 299 g/mol. The summed E-state index contributed by atoms with van der Waals surface area (Å²) in [4.78, 5) is 17.9. The number of pyridine rings is 2. The highest BCUT2D eigenvalue weighted by Gasteiger charge is 2.16. The van der Waals surface area contributed by atoms with Crippen LogP contribution in [0.3, 0.4) is 0 Å². The van der Waals surface area contributed by atoms with E-state index in [-0.39, 0.29) is 6.61 Å². The number of rotatable bonds is 5. The van der Waals surface area contributed by atoms with Crippen LogP contribution in [0.4, 0.5) is 4.39 Å². The van der Waals surface area contributed by atoms with Gasteiger partial charge in [-0.25, -0.2) is 4.98 Å². The first-order valence-electron chi connectivity index (χ1n) is 6.54. The molecule has 0 fully saturated rings. The molecule has 0 aliphatic carbocycles. The molecule has 2 aromatic heterocycles. The number of likely N-dealkylation sites (N-methyl/N-ethyl adjacent to an activating group) is 1. The molecule has 0 unspecified atom stereocenters. The van der Waals surface area contributed by atoms with Crippen LogP contribution < -0.4 is 5.32 Å². The Morgan fingerprint density at radius 3 is 2.91 bits per heavy atom. The zero-order chi connectivity index (χ0) is 15.8. The van der Waals surface area contributed by atoms with Crippen molar-refractivity contribution in [2.75, 3.05) is 13.7 Å². The molecule has 0 saturated heterocycles. The lowest BCUT2D eigenvalue weighted by Crippen LogP contribution is -2.23. The van der Waals surface area contributed by atoms with E-state index in [0.29, 0.717) is 17.6 Å². The molecule has 2 aromatic rings. The van der Waals surface area contributed by atoms with Crippen molar-refractivity contribution in [3.63, 3.8) is 0 Å². The Bertz CT molecular complexity index is 696. The summed E-state index contributed by atoms with van der Waals surface area (Å²) in [5.74, 6) is 5.21. The van der Waals surface area contributed by atoms with Crippen LogP contribution in [0.2, 0.25) is 0 Å². The third-order valence-corrected chi connectivity index (χ3v) is 2.93. The van der Waals surface area contributed by atoms with E-state index in [2.05, 4.69) is 31.9 Å². The Labute approximate surface area is 127 Å². The standard InChI is InChI=1S/C16H14FN3O2/c1-18-15(10-22-11-21)14-7-13(9-20-16(14)17)5-4-12-3-2-6-19-8-12/h2-3,6-9,11,15,18H,10H2,1H3/t15-/m0/s1. The van der Waals surface area contributed by atoms with Crippen LogP contribution in [0, 0.1) is 17.8 Å². The molecule has 22 heavy (non-hydrogen) atoms. The minimum atomic E-state index is -0.624. The van der Waals surface area contributed by atoms with Gasteiger partial charge in [0.2, 0.25) is 5.95 Å². The molecule has 0 amide bonds. The van der Waals surface area contributed by atoms with Crippen LogP contribution in [0.15, 0.2) is 36.8 Å². The Kier molecular flexibility index (Phi) is 5.57. The van der Waals surface area contributed by atoms with E-state index in [0.717, 1.165) is 5.56 Å². The molecule has 1 N–H and O–H groups in total. The number of halogens is 1. The number of nitrogens with zero attached hydrogens (tertiary/aromatic N) is 2. The average Bonchev–Trinajstić information content (AvgIpc) is 2.56. The summed E-state index contributed by atoms with van der Waals surface area (Å²) in [5.41, 5.74) is 1.61. The fourth-order valence-electron chi connectivity index (χ4n) is 1.82. The minimum Gasteiger partial charge on any atom is -0.466 e. The SMILES string of the molecule is CN[C@@H](COC=O)c1cc(C#Cc2cccnc2)cnc1F. The fraction of sp³-hybridized carbons (Fsp3) is 0.188. The van der Waals surface area contributed by atoms with Gasteiger partial charge in [-0.3, -0.25) is 9.78 Å². The first-order valence-corrected chi connectivity index (χ1v) is 6.54. The monoisotopic (exact) mass is 299 g/mol. The molecule has 0 bridgehead atoms. The van der Waals surface area contributed by atoms with Crippen molar-refractivity contribution in [3.05, 3.63) is 59.4 Å². The number of carbonyl (C=O) groups excluding carboxylic acids is 1. The van der Waals surface area contributed by atoms with Gasteiger partial charge in [0.05, 0.1) is 6.04 Å². The van der Waals surface area contributed by atoms with Gasteiger partial charge in [-0.1, -0.05) is 11.8 Å². The quantitative estimate of drug-likeness (QED) is 0.514. The van der Waals surface area contributed by atoms with Gasteiger partial charge < -0.3 is 10.1 Å². The molecule has 112 valence electrons. The molecule has 0 saturated carbocycles. The van der Waals surface area contributed by atoms with E-state index in [1.807, 2.05) is 6.07 Å². The van der Waals surface area contributed by atoms with Crippen molar-refractivity contribution in [1.29, 1.82) is 0 Å². The maximum absolute atomic E-state index is 13.8. The summed E-state index contributed by atoms with van der Waals surface area (Å²) in [6, 6.07) is 4.71. The van der Waals surface area contributed by atoms with E-state index >= 15 is 0 Å². The maximum atomic E-state index is 13.8. The van der Waals surface area contributed by atoms with Gasteiger partial charge in [0, 0.05) is 35.3 Å². The first-order chi connectivity index (χ1) is 10.7. The van der Waals surface area contributed by atoms with Crippen molar-refractivity contribution in [1.82, 2.24) is 15.3 Å². The van der Waals surface area contributed by atoms with Crippen LogP contribution >= 0.6 is 0 Å². The molecule has 6 heteroatoms. The largest absolute Gasteiger partial charge is 0.466 e. The van der Waals surface area contributed by atoms with Gasteiger partial charge in [0.25, 0.3) is 6.47 Å². The second-order valence-corrected chi connectivity index (χ2v) is 4.37. The topological polar surface area (TPSA) is 64.1 Å². The number of hydrogen-bond donors (Lipinski definition) is 1. The number of hydrogen-bond acceptors (Lipinski definition) is 5. The van der Waals surface area contributed by atoms with Crippen LogP contribution in [0.25, 0.3) is 0 Å². The molecule has 0 aliphatic heterocycles. The third kappa shape index (κ3) is 4.11. The number of ether oxygens (including phenoxy) is 1. The van der Waals surface area contributed by atoms with Crippen molar-refractivity contribution in [3.8, 4) is 11.8 Å². The van der Waals surface area contributed by atoms with E-state index < -0.39 is 12.0 Å². The van der Waals surface area contributed by atoms with Crippen LogP contribution in [0.1, 0.15) is 22.7 Å². The number of nitrogens with one attached hydrogen (secondary N) is 1. The van der Waals surface area contributed by atoms with Gasteiger partial charge in [-0.05, 0) is 25.2 Å². The predicted molar refractivity (Wildman–Crippen MR) is 78.2 cm³/mol. The summed E-state index contributed by atoms with van der Waals surface area (Å²) in [7, 11) is 1.65. The van der Waals surface area contributed by atoms with Gasteiger partial charge in [-0.2, -0.15) is 4.39 Å². The van der Waals surface area contributed by atoms with Crippen molar-refractivity contribution < 1.29 is 13.9 Å². The van der Waals surface area contributed by atoms with Crippen LogP contribution in [-0.2, 0) is 9.53 Å². The molecular formula is C16H14FN3O2. The van der Waals surface area contributed by atoms with Crippen molar-refractivity contribution in [2.24, 2.45) is 0 Å². The van der Waals surface area contributed by atoms with E-state index in [4.69, 9.17) is 0 Å². The molecule has 2 heterocycles. The van der Waals surface area contributed by atoms with Gasteiger partial charge >= 0.3 is 0 Å². The molecule has 5 nitrogen and oxygen atoms in total. The molecule has 0 aromatic carbocycles. The molecule has 1 atom stereocenters. The Balaban J connectivity index is 2.26. The summed E-state index contributed by atoms with van der Waals surface area (Å²) in [5, 5.41) is 2.87. The highest BCUT2D eigenvalue weighted by atomic mass is 19.1. The molecule has 0 aliphatic rings. The fourth-order valence-corrected chi connectivity index (χ4v) is 1.82. The van der Waals surface area contributed by atoms with Crippen molar-refractivity contribution in [2.45, 2.75) is 6.04 Å². The summed E-state index contributed by atoms with van der Waals surface area (Å²) >= 11 is 0. The van der Waals surface area contributed by atoms with Gasteiger partial charge in [0.1, 0.15) is 6.61 Å². The van der Waals surface area contributed by atoms with E-state index in [9.17, 15) is 9.18 Å². The first kappa shape index (κ1) is 15.6. The zero-order valence-electron chi connectivity index (χ0n) is 11.9. The lowest BCUT2D eigenvalue weighted by atomic mass is 10.1. The number of carbonyl (C=O) groups is 1. The molecular weight excluding hydrogens is 285 g/mol. The molecule has 2 rings (SSSR count). The number of aromatic nitrogens is 2. The summed E-state index contributed by atoms with van der Waals surface area (Å²) < 4.78 is 18.5. The maximum Gasteiger partial charge on any atom is 0.293 e. The molecule has 0 spiro atoms. The zero-order valence-corrected chi connectivity index (χ0v) is 11.9. The Morgan fingerprint density at radius 2 is 2.23 bits per heavy atom. The van der Waals surface area contributed by atoms with Gasteiger partial charge in [0.15, 0.2) is 0 Å². The van der Waals surface area contributed by atoms with Gasteiger partial charge in [-0.15, -0.1) is 0 Å². The predicted octanol–water partition coefficient (Wildman–Crippen LogP) is 1.45. The lowest BCUT2D eigenvalue weighted by molar-refractivity contribution is -0.129. The Hall–Kier alpha value is -2.78. The van der Waals surface area contributed by atoms with E-state index in [1.165, 1.54) is 6.20 Å². The van der Waals surface area contributed by atoms with Crippen LogP contribution in [-0.4, -0.2) is 30.1 Å². The highest BCUT2D eigenvalue weighted by Crippen LogP contribution is 2.17. The van der Waals surface area contributed by atoms with E-state index in [1.54, 1.807) is 31.6 Å². The second-order valence-electron chi connectivity index (χ2n) is 4.37. The minimum absolute atomic E-state index is 0.0120. The Morgan fingerprint density at radius 1 is 1.41 bits per heavy atom. The highest BCUT2D eigenvalue weighted by molar-refractivity contribution is 5.42. The molecule has 0 radical (unpaired) electrons. The lowest BCUT2D eigenvalue weighted by Gasteiger charge is -2.15. The third-order valence-electron chi connectivity index (χ3n) is 2.93. The summed E-state index contributed by atoms with van der Waals surface area (Å²) in [6.07, 6.45) is 4.65. The summed E-state index contributed by atoms with van der Waals surface area (Å²) in [6.45, 7) is 0.333. The smallest absolute Gasteiger partial charge is 0.293 e.